The summed E-state index contributed by atoms with van der Waals surface area (Å²) < 4.78 is 5.06. The molecule has 0 aliphatic carbocycles. The van der Waals surface area contributed by atoms with E-state index in [0.717, 1.165) is 0 Å². The Morgan fingerprint density at radius 3 is 2.88 bits per heavy atom. The molecule has 2 heterocycles. The zero-order valence-corrected chi connectivity index (χ0v) is 9.03. The van der Waals surface area contributed by atoms with Gasteiger partial charge in [-0.1, -0.05) is 11.6 Å². The maximum absolute atomic E-state index is 11.7. The van der Waals surface area contributed by atoms with E-state index in [1.54, 1.807) is 12.1 Å². The predicted molar refractivity (Wildman–Crippen MR) is 57.9 cm³/mol. The summed E-state index contributed by atoms with van der Waals surface area (Å²) in [4.78, 5) is 24.8. The van der Waals surface area contributed by atoms with Crippen molar-refractivity contribution in [2.75, 3.05) is 18.1 Å². The van der Waals surface area contributed by atoms with Crippen LogP contribution in [-0.4, -0.2) is 30.9 Å². The molecule has 1 amide bonds. The molecule has 5 heteroatoms. The molecule has 0 radical (unpaired) electrons. The summed E-state index contributed by atoms with van der Waals surface area (Å²) >= 11 is 5.80. The molecule has 2 aliphatic heterocycles. The Labute approximate surface area is 96.7 Å². The van der Waals surface area contributed by atoms with Gasteiger partial charge in [-0.2, -0.15) is 0 Å². The number of epoxide rings is 1. The summed E-state index contributed by atoms with van der Waals surface area (Å²) in [5.41, 5.74) is 1.02. The second-order valence-electron chi connectivity index (χ2n) is 3.86. The molecule has 0 saturated carbocycles. The van der Waals surface area contributed by atoms with Crippen molar-refractivity contribution in [2.24, 2.45) is 0 Å². The summed E-state index contributed by atoms with van der Waals surface area (Å²) in [6.45, 7) is 1.10. The third-order valence-corrected chi connectivity index (χ3v) is 2.96. The van der Waals surface area contributed by atoms with Crippen molar-refractivity contribution in [3.8, 4) is 0 Å². The third kappa shape index (κ3) is 1.42. The number of halogens is 1. The molecule has 1 unspecified atom stereocenters. The lowest BCUT2D eigenvalue weighted by Gasteiger charge is -2.14. The molecule has 0 bridgehead atoms. The second kappa shape index (κ2) is 3.30. The van der Waals surface area contributed by atoms with E-state index < -0.39 is 11.7 Å². The summed E-state index contributed by atoms with van der Waals surface area (Å²) in [7, 11) is 0. The number of carbonyl (C=O) groups is 2. The van der Waals surface area contributed by atoms with Gasteiger partial charge in [-0.15, -0.1) is 0 Å². The fraction of sp³-hybridized carbons (Fsp3) is 0.273. The van der Waals surface area contributed by atoms with Crippen LogP contribution < -0.4 is 4.90 Å². The molecule has 1 atom stereocenters. The monoisotopic (exact) mass is 237 g/mol. The number of ketones is 1. The molecule has 1 fully saturated rings. The largest absolute Gasteiger partial charge is 0.371 e. The molecule has 0 spiro atoms. The predicted octanol–water partition coefficient (Wildman–Crippen LogP) is 1.27. The third-order valence-electron chi connectivity index (χ3n) is 2.72. The SMILES string of the molecule is O=C1C(=O)N(CC2CO2)c2ccc(Cl)cc21. The number of ether oxygens (including phenoxy) is 1. The number of benzene rings is 1. The zero-order chi connectivity index (χ0) is 11.3. The molecule has 3 rings (SSSR count). The van der Waals surface area contributed by atoms with E-state index >= 15 is 0 Å². The van der Waals surface area contributed by atoms with Crippen molar-refractivity contribution in [3.63, 3.8) is 0 Å². The maximum Gasteiger partial charge on any atom is 0.299 e. The lowest BCUT2D eigenvalue weighted by atomic mass is 10.1. The Hall–Kier alpha value is -1.39. The first kappa shape index (κ1) is 9.81. The van der Waals surface area contributed by atoms with E-state index in [1.807, 2.05) is 0 Å². The Bertz CT molecular complexity index is 496. The van der Waals surface area contributed by atoms with E-state index in [1.165, 1.54) is 11.0 Å². The molecule has 0 N–H and O–H groups in total. The van der Waals surface area contributed by atoms with Gasteiger partial charge in [0.2, 0.25) is 0 Å². The number of Topliss-reactive ketones (excluding diaryl/α,β-unsaturated/α-hetero) is 1. The smallest absolute Gasteiger partial charge is 0.299 e. The number of rotatable bonds is 2. The van der Waals surface area contributed by atoms with Gasteiger partial charge in [0.15, 0.2) is 0 Å². The molecule has 0 aromatic heterocycles. The molecule has 2 aliphatic rings. The van der Waals surface area contributed by atoms with Crippen molar-refractivity contribution in [1.29, 1.82) is 0 Å². The van der Waals surface area contributed by atoms with Crippen molar-refractivity contribution in [1.82, 2.24) is 0 Å². The Morgan fingerprint density at radius 2 is 2.19 bits per heavy atom. The highest BCUT2D eigenvalue weighted by molar-refractivity contribution is 6.52. The number of hydrogen-bond donors (Lipinski definition) is 0. The summed E-state index contributed by atoms with van der Waals surface area (Å²) in [5.74, 6) is -0.981. The molecule has 4 nitrogen and oxygen atoms in total. The molecule has 16 heavy (non-hydrogen) atoms. The summed E-state index contributed by atoms with van der Waals surface area (Å²) in [5, 5.41) is 0.462. The topological polar surface area (TPSA) is 49.9 Å². The minimum Gasteiger partial charge on any atom is -0.371 e. The van der Waals surface area contributed by atoms with E-state index in [-0.39, 0.29) is 6.10 Å². The highest BCUT2D eigenvalue weighted by Crippen LogP contribution is 2.32. The first-order chi connectivity index (χ1) is 7.66. The highest BCUT2D eigenvalue weighted by atomic mass is 35.5. The van der Waals surface area contributed by atoms with E-state index in [2.05, 4.69) is 0 Å². The van der Waals surface area contributed by atoms with Crippen LogP contribution in [0.4, 0.5) is 5.69 Å². The fourth-order valence-electron chi connectivity index (χ4n) is 1.83. The van der Waals surface area contributed by atoms with Crippen LogP contribution >= 0.6 is 11.6 Å². The number of carbonyl (C=O) groups excluding carboxylic acids is 2. The normalized spacial score (nSPS) is 22.6. The van der Waals surface area contributed by atoms with Crippen LogP contribution in [0.5, 0.6) is 0 Å². The standard InChI is InChI=1S/C11H8ClNO3/c12-6-1-2-9-8(3-6)10(14)11(15)13(9)4-7-5-16-7/h1-3,7H,4-5H2. The van der Waals surface area contributed by atoms with Gasteiger partial charge in [-0.25, -0.2) is 0 Å². The van der Waals surface area contributed by atoms with Crippen LogP contribution in [0.3, 0.4) is 0 Å². The molecule has 82 valence electrons. The quantitative estimate of drug-likeness (QED) is 0.575. The molecule has 1 aromatic carbocycles. The second-order valence-corrected chi connectivity index (χ2v) is 4.30. The average molecular weight is 238 g/mol. The molecule has 1 saturated heterocycles. The Balaban J connectivity index is 2.02. The van der Waals surface area contributed by atoms with Crippen LogP contribution in [0.15, 0.2) is 18.2 Å². The van der Waals surface area contributed by atoms with Crippen LogP contribution in [0.2, 0.25) is 5.02 Å². The molecule has 1 aromatic rings. The number of anilines is 1. The van der Waals surface area contributed by atoms with Crippen LogP contribution in [0.1, 0.15) is 10.4 Å². The van der Waals surface area contributed by atoms with Crippen molar-refractivity contribution >= 4 is 29.0 Å². The minimum atomic E-state index is -0.493. The van der Waals surface area contributed by atoms with Gasteiger partial charge in [-0.05, 0) is 18.2 Å². The first-order valence-corrected chi connectivity index (χ1v) is 5.32. The van der Waals surface area contributed by atoms with Gasteiger partial charge in [0, 0.05) is 5.02 Å². The fourth-order valence-corrected chi connectivity index (χ4v) is 2.00. The van der Waals surface area contributed by atoms with Crippen LogP contribution in [-0.2, 0) is 9.53 Å². The first-order valence-electron chi connectivity index (χ1n) is 4.94. The number of nitrogens with zero attached hydrogens (tertiary/aromatic N) is 1. The number of hydrogen-bond acceptors (Lipinski definition) is 3. The lowest BCUT2D eigenvalue weighted by Crippen LogP contribution is -2.33. The van der Waals surface area contributed by atoms with E-state index in [9.17, 15) is 9.59 Å². The van der Waals surface area contributed by atoms with Gasteiger partial charge in [0.25, 0.3) is 11.7 Å². The lowest BCUT2D eigenvalue weighted by molar-refractivity contribution is -0.114. The maximum atomic E-state index is 11.7. The van der Waals surface area contributed by atoms with Crippen molar-refractivity contribution in [2.45, 2.75) is 6.10 Å². The van der Waals surface area contributed by atoms with Gasteiger partial charge < -0.3 is 9.64 Å². The summed E-state index contributed by atoms with van der Waals surface area (Å²) in [6.07, 6.45) is 0.0679. The van der Waals surface area contributed by atoms with E-state index in [0.29, 0.717) is 29.4 Å². The van der Waals surface area contributed by atoms with Crippen molar-refractivity contribution in [3.05, 3.63) is 28.8 Å². The van der Waals surface area contributed by atoms with Gasteiger partial charge in [0.1, 0.15) is 0 Å². The average Bonchev–Trinajstić information content (AvgIpc) is 3.04. The van der Waals surface area contributed by atoms with Crippen LogP contribution in [0, 0.1) is 0 Å². The minimum absolute atomic E-state index is 0.0679. The number of amides is 1. The van der Waals surface area contributed by atoms with Crippen molar-refractivity contribution < 1.29 is 14.3 Å². The van der Waals surface area contributed by atoms with E-state index in [4.69, 9.17) is 16.3 Å². The Kier molecular flexibility index (Phi) is 2.02. The van der Waals surface area contributed by atoms with Crippen LogP contribution in [0.25, 0.3) is 0 Å². The Morgan fingerprint density at radius 1 is 1.44 bits per heavy atom. The molecular weight excluding hydrogens is 230 g/mol. The summed E-state index contributed by atoms with van der Waals surface area (Å²) in [6, 6.07) is 4.90. The zero-order valence-electron chi connectivity index (χ0n) is 8.27. The highest BCUT2D eigenvalue weighted by Gasteiger charge is 2.39. The molecular formula is C11H8ClNO3. The number of fused-ring (bicyclic) bond motifs is 1. The van der Waals surface area contributed by atoms with Gasteiger partial charge in [-0.3, -0.25) is 9.59 Å². The van der Waals surface area contributed by atoms with Gasteiger partial charge in [0.05, 0.1) is 30.5 Å². The van der Waals surface area contributed by atoms with Gasteiger partial charge >= 0.3 is 0 Å².